The molecule has 0 amide bonds. The molecule has 1 aliphatic carbocycles. The Morgan fingerprint density at radius 3 is 3.00 bits per heavy atom. The lowest BCUT2D eigenvalue weighted by Gasteiger charge is -2.55. The summed E-state index contributed by atoms with van der Waals surface area (Å²) < 4.78 is 7.69. The predicted molar refractivity (Wildman–Crippen MR) is 89.0 cm³/mol. The zero-order valence-corrected chi connectivity index (χ0v) is 14.8. The third-order valence-electron chi connectivity index (χ3n) is 5.24. The molecule has 1 N–H and O–H groups in total. The van der Waals surface area contributed by atoms with E-state index in [1.54, 1.807) is 11.0 Å². The van der Waals surface area contributed by atoms with Crippen molar-refractivity contribution in [2.45, 2.75) is 45.9 Å². The highest BCUT2D eigenvalue weighted by atomic mass is 16.5. The number of hydrogen-bond donors (Lipinski definition) is 1. The molecular formula is C16H28N6O. The van der Waals surface area contributed by atoms with Crippen molar-refractivity contribution in [3.8, 4) is 0 Å². The minimum absolute atomic E-state index is 0.140. The fourth-order valence-electron chi connectivity index (χ4n) is 3.93. The monoisotopic (exact) mass is 320 g/mol. The lowest BCUT2D eigenvalue weighted by Crippen LogP contribution is -2.68. The van der Waals surface area contributed by atoms with Gasteiger partial charge in [0, 0.05) is 44.6 Å². The molecule has 3 unspecified atom stereocenters. The van der Waals surface area contributed by atoms with Crippen LogP contribution in [0.2, 0.25) is 0 Å². The van der Waals surface area contributed by atoms with Crippen LogP contribution >= 0.6 is 0 Å². The van der Waals surface area contributed by atoms with Crippen LogP contribution in [-0.4, -0.2) is 58.0 Å². The molecule has 2 heterocycles. The maximum atomic E-state index is 5.89. The van der Waals surface area contributed by atoms with E-state index < -0.39 is 0 Å². The molecule has 1 aromatic rings. The molecule has 1 aliphatic heterocycles. The van der Waals surface area contributed by atoms with Crippen molar-refractivity contribution >= 4 is 5.96 Å². The summed E-state index contributed by atoms with van der Waals surface area (Å²) >= 11 is 0. The number of rotatable bonds is 4. The summed E-state index contributed by atoms with van der Waals surface area (Å²) in [6, 6.07) is 0.405. The van der Waals surface area contributed by atoms with Crippen molar-refractivity contribution in [2.75, 3.05) is 20.2 Å². The van der Waals surface area contributed by atoms with Gasteiger partial charge >= 0.3 is 0 Å². The van der Waals surface area contributed by atoms with Crippen molar-refractivity contribution < 1.29 is 4.74 Å². The van der Waals surface area contributed by atoms with Gasteiger partial charge in [-0.3, -0.25) is 9.67 Å². The van der Waals surface area contributed by atoms with Crippen molar-refractivity contribution in [1.29, 1.82) is 0 Å². The van der Waals surface area contributed by atoms with E-state index in [0.717, 1.165) is 31.4 Å². The molecule has 3 atom stereocenters. The molecule has 1 saturated carbocycles. The molecule has 0 spiro atoms. The minimum Gasteiger partial charge on any atom is -0.377 e. The third-order valence-corrected chi connectivity index (χ3v) is 5.24. The molecule has 2 aliphatic rings. The summed E-state index contributed by atoms with van der Waals surface area (Å²) in [6.07, 6.45) is 3.10. The Hall–Kier alpha value is -1.63. The van der Waals surface area contributed by atoms with Crippen molar-refractivity contribution in [3.05, 3.63) is 12.2 Å². The number of ether oxygens (including phenoxy) is 1. The second-order valence-electron chi connectivity index (χ2n) is 7.14. The van der Waals surface area contributed by atoms with Gasteiger partial charge in [0.1, 0.15) is 12.2 Å². The number of nitrogens with one attached hydrogen (secondary N) is 1. The maximum Gasteiger partial charge on any atom is 0.194 e. The Bertz CT molecular complexity index is 581. The zero-order valence-electron chi connectivity index (χ0n) is 14.8. The predicted octanol–water partition coefficient (Wildman–Crippen LogP) is 1.03. The minimum atomic E-state index is 0.140. The summed E-state index contributed by atoms with van der Waals surface area (Å²) in [7, 11) is 3.96. The first-order valence-electron chi connectivity index (χ1n) is 8.41. The average Bonchev–Trinajstić information content (AvgIpc) is 3.11. The van der Waals surface area contributed by atoms with E-state index in [1.807, 2.05) is 14.1 Å². The van der Waals surface area contributed by atoms with E-state index in [1.165, 1.54) is 0 Å². The highest BCUT2D eigenvalue weighted by Gasteiger charge is 2.59. The third kappa shape index (κ3) is 2.82. The molecule has 0 aromatic carbocycles. The molecule has 2 fully saturated rings. The van der Waals surface area contributed by atoms with E-state index in [4.69, 9.17) is 4.74 Å². The summed E-state index contributed by atoms with van der Waals surface area (Å²) in [6.45, 7) is 8.94. The molecule has 7 heteroatoms. The second kappa shape index (κ2) is 6.11. The summed E-state index contributed by atoms with van der Waals surface area (Å²) in [5.41, 5.74) is 0.140. The van der Waals surface area contributed by atoms with E-state index in [2.05, 4.69) is 46.1 Å². The van der Waals surface area contributed by atoms with Gasteiger partial charge in [-0.25, -0.2) is 4.98 Å². The smallest absolute Gasteiger partial charge is 0.194 e. The molecule has 0 bridgehead atoms. The molecule has 128 valence electrons. The van der Waals surface area contributed by atoms with Crippen LogP contribution in [0, 0.1) is 11.3 Å². The number of aliphatic imine (C=N–C) groups is 1. The first-order chi connectivity index (χ1) is 10.9. The molecular weight excluding hydrogens is 292 g/mol. The fourth-order valence-corrected chi connectivity index (χ4v) is 3.93. The lowest BCUT2D eigenvalue weighted by atomic mass is 9.57. The van der Waals surface area contributed by atoms with Gasteiger partial charge in [-0.2, -0.15) is 5.10 Å². The summed E-state index contributed by atoms with van der Waals surface area (Å²) in [5.74, 6) is 2.45. The van der Waals surface area contributed by atoms with Crippen LogP contribution in [0.3, 0.4) is 0 Å². The Kier molecular flexibility index (Phi) is 4.31. The number of aryl methyl sites for hydroxylation is 1. The SMILES string of the molecule is CCN=C(NC1C2CCOC2C1(C)C)N(C)Cc1ncnn1C. The van der Waals surface area contributed by atoms with Crippen molar-refractivity contribution in [3.63, 3.8) is 0 Å². The zero-order chi connectivity index (χ0) is 16.6. The van der Waals surface area contributed by atoms with Crippen molar-refractivity contribution in [2.24, 2.45) is 23.4 Å². The first kappa shape index (κ1) is 16.2. The first-order valence-corrected chi connectivity index (χ1v) is 8.41. The van der Waals surface area contributed by atoms with Crippen LogP contribution in [0.4, 0.5) is 0 Å². The number of fused-ring (bicyclic) bond motifs is 1. The van der Waals surface area contributed by atoms with Gasteiger partial charge in [-0.05, 0) is 13.3 Å². The Morgan fingerprint density at radius 1 is 1.57 bits per heavy atom. The second-order valence-corrected chi connectivity index (χ2v) is 7.14. The van der Waals surface area contributed by atoms with Crippen LogP contribution in [0.15, 0.2) is 11.3 Å². The van der Waals surface area contributed by atoms with E-state index >= 15 is 0 Å². The van der Waals surface area contributed by atoms with Gasteiger partial charge in [0.25, 0.3) is 0 Å². The largest absolute Gasteiger partial charge is 0.377 e. The van der Waals surface area contributed by atoms with Gasteiger partial charge in [0.2, 0.25) is 0 Å². The van der Waals surface area contributed by atoms with E-state index in [9.17, 15) is 0 Å². The Morgan fingerprint density at radius 2 is 2.35 bits per heavy atom. The molecule has 1 aromatic heterocycles. The molecule has 0 radical (unpaired) electrons. The van der Waals surface area contributed by atoms with Crippen LogP contribution in [-0.2, 0) is 18.3 Å². The Labute approximate surface area is 138 Å². The molecule has 7 nitrogen and oxygen atoms in total. The normalized spacial score (nSPS) is 29.1. The van der Waals surface area contributed by atoms with Gasteiger partial charge in [0.05, 0.1) is 12.6 Å². The number of aromatic nitrogens is 3. The number of guanidine groups is 1. The summed E-state index contributed by atoms with van der Waals surface area (Å²) in [4.78, 5) is 11.1. The Balaban J connectivity index is 1.70. The number of nitrogens with zero attached hydrogens (tertiary/aromatic N) is 5. The number of hydrogen-bond acceptors (Lipinski definition) is 4. The highest BCUT2D eigenvalue weighted by Crippen LogP contribution is 2.52. The standard InChI is InChI=1S/C16H28N6O/c1-6-17-15(21(4)9-12-18-10-19-22(12)5)20-13-11-7-8-23-14(11)16(13,2)3/h10-11,13-14H,6-9H2,1-5H3,(H,17,20). The van der Waals surface area contributed by atoms with Crippen LogP contribution in [0.5, 0.6) is 0 Å². The summed E-state index contributed by atoms with van der Waals surface area (Å²) in [5, 5.41) is 7.82. The lowest BCUT2D eigenvalue weighted by molar-refractivity contribution is -0.107. The highest BCUT2D eigenvalue weighted by molar-refractivity contribution is 5.80. The van der Waals surface area contributed by atoms with Crippen LogP contribution < -0.4 is 5.32 Å². The van der Waals surface area contributed by atoms with Crippen LogP contribution in [0.1, 0.15) is 33.0 Å². The van der Waals surface area contributed by atoms with Crippen LogP contribution in [0.25, 0.3) is 0 Å². The van der Waals surface area contributed by atoms with Gasteiger partial charge in [-0.15, -0.1) is 0 Å². The topological polar surface area (TPSA) is 67.6 Å². The van der Waals surface area contributed by atoms with Gasteiger partial charge in [-0.1, -0.05) is 13.8 Å². The fraction of sp³-hybridized carbons (Fsp3) is 0.812. The van der Waals surface area contributed by atoms with E-state index in [0.29, 0.717) is 24.6 Å². The van der Waals surface area contributed by atoms with Crippen molar-refractivity contribution in [1.82, 2.24) is 25.0 Å². The van der Waals surface area contributed by atoms with Gasteiger partial charge in [0.15, 0.2) is 5.96 Å². The molecule has 1 saturated heterocycles. The quantitative estimate of drug-likeness (QED) is 0.663. The van der Waals surface area contributed by atoms with E-state index in [-0.39, 0.29) is 5.41 Å². The van der Waals surface area contributed by atoms with Gasteiger partial charge < -0.3 is 15.0 Å². The maximum absolute atomic E-state index is 5.89. The average molecular weight is 320 g/mol. The molecule has 23 heavy (non-hydrogen) atoms. The molecule has 3 rings (SSSR count).